The van der Waals surface area contributed by atoms with Gasteiger partial charge in [0.1, 0.15) is 0 Å². The van der Waals surface area contributed by atoms with Crippen LogP contribution in [0, 0.1) is 0 Å². The molecule has 53 heavy (non-hydrogen) atoms. The first-order chi connectivity index (χ1) is 26.2. The second-order valence-corrected chi connectivity index (χ2v) is 17.1. The molecule has 2 nitrogen and oxygen atoms in total. The minimum atomic E-state index is -0.709. The van der Waals surface area contributed by atoms with Gasteiger partial charge < -0.3 is 0 Å². The molecule has 8 aromatic carbocycles. The predicted molar refractivity (Wildman–Crippen MR) is 221 cm³/mol. The van der Waals surface area contributed by atoms with Crippen LogP contribution < -0.4 is 10.3 Å². The minimum absolute atomic E-state index is 0.152. The second kappa shape index (κ2) is 11.8. The number of hydrogen-bond acceptors (Lipinski definition) is 2. The molecule has 1 spiro atoms. The van der Waals surface area contributed by atoms with Crippen molar-refractivity contribution in [3.63, 3.8) is 0 Å². The number of para-hydroxylation sites is 1. The standard InChI is InChI=1S/C50H31NOTe/c52-49-39-22-9-12-25-47(39)53-48-31-41-38-21-8-11-24-44(38)50(46(41)30-42(48)49)43-23-10-7-20-37(43)40-29-36(26-27-45(40)50)51(34-17-5-2-6-18-34)35-19-13-16-33(28-35)32-14-3-1-4-15-32/h1-31H. The van der Waals surface area contributed by atoms with Gasteiger partial charge in [-0.3, -0.25) is 0 Å². The number of anilines is 3. The number of fused-ring (bicyclic) bond motifs is 12. The van der Waals surface area contributed by atoms with E-state index >= 15 is 0 Å². The maximum atomic E-state index is 14.2. The van der Waals surface area contributed by atoms with E-state index in [1.165, 1.54) is 62.4 Å². The van der Waals surface area contributed by atoms with Gasteiger partial charge in [-0.2, -0.15) is 0 Å². The first-order valence-electron chi connectivity index (χ1n) is 18.1. The van der Waals surface area contributed by atoms with Crippen molar-refractivity contribution in [2.75, 3.05) is 4.90 Å². The molecule has 0 saturated carbocycles. The molecule has 1 aromatic heterocycles. The third kappa shape index (κ3) is 4.42. The van der Waals surface area contributed by atoms with Crippen LogP contribution in [-0.4, -0.2) is 20.4 Å². The van der Waals surface area contributed by atoms with Gasteiger partial charge in [-0.15, -0.1) is 0 Å². The van der Waals surface area contributed by atoms with Crippen LogP contribution in [0.1, 0.15) is 22.3 Å². The topological polar surface area (TPSA) is 20.3 Å². The van der Waals surface area contributed by atoms with Gasteiger partial charge in [0.2, 0.25) is 0 Å². The molecule has 2 aliphatic rings. The molecular formula is C50H31NOTe. The Morgan fingerprint density at radius 1 is 0.377 bits per heavy atom. The van der Waals surface area contributed by atoms with E-state index in [4.69, 9.17) is 0 Å². The normalized spacial score (nSPS) is 14.9. The van der Waals surface area contributed by atoms with Gasteiger partial charge >= 0.3 is 248 Å². The Morgan fingerprint density at radius 2 is 0.962 bits per heavy atom. The first-order valence-corrected chi connectivity index (χ1v) is 20.4. The van der Waals surface area contributed by atoms with Crippen molar-refractivity contribution >= 4 is 55.1 Å². The zero-order valence-electron chi connectivity index (χ0n) is 28.7. The first kappa shape index (κ1) is 30.6. The molecule has 0 N–H and O–H groups in total. The Labute approximate surface area is 317 Å². The molecule has 0 saturated heterocycles. The van der Waals surface area contributed by atoms with Gasteiger partial charge in [0.05, 0.1) is 0 Å². The van der Waals surface area contributed by atoms with Crippen LogP contribution in [0.3, 0.4) is 0 Å². The van der Waals surface area contributed by atoms with Crippen molar-refractivity contribution in [2.24, 2.45) is 0 Å². The quantitative estimate of drug-likeness (QED) is 0.131. The predicted octanol–water partition coefficient (Wildman–Crippen LogP) is 11.9. The molecule has 248 valence electrons. The Morgan fingerprint density at radius 3 is 1.74 bits per heavy atom. The van der Waals surface area contributed by atoms with Crippen molar-refractivity contribution in [2.45, 2.75) is 5.41 Å². The van der Waals surface area contributed by atoms with Crippen molar-refractivity contribution < 1.29 is 0 Å². The fourth-order valence-electron chi connectivity index (χ4n) is 9.04. The van der Waals surface area contributed by atoms with Crippen molar-refractivity contribution in [3.05, 3.63) is 221 Å². The van der Waals surface area contributed by atoms with E-state index in [1.54, 1.807) is 0 Å². The molecule has 0 amide bonds. The summed E-state index contributed by atoms with van der Waals surface area (Å²) in [6.07, 6.45) is 0. The van der Waals surface area contributed by atoms with Crippen LogP contribution in [0.2, 0.25) is 0 Å². The Hall–Kier alpha value is -5.98. The molecule has 9 aromatic rings. The summed E-state index contributed by atoms with van der Waals surface area (Å²) in [4.78, 5) is 16.6. The van der Waals surface area contributed by atoms with Crippen LogP contribution in [0.25, 0.3) is 51.0 Å². The zero-order valence-corrected chi connectivity index (χ0v) is 31.0. The molecule has 0 aliphatic heterocycles. The summed E-state index contributed by atoms with van der Waals surface area (Å²) in [6.45, 7) is 0. The SMILES string of the molecule is O=c1c2ccccc2[te]c2cc3c(cc12)C1(c2ccccc2-c2cc(N(c4ccccc4)c4cccc(-c5ccccc5)c4)ccc21)c1ccccc1-3. The molecular weight excluding hydrogens is 758 g/mol. The Kier molecular flexibility index (Phi) is 6.80. The van der Waals surface area contributed by atoms with E-state index in [-0.39, 0.29) is 5.43 Å². The van der Waals surface area contributed by atoms with Crippen LogP contribution in [-0.2, 0) is 5.41 Å². The molecule has 0 radical (unpaired) electrons. The van der Waals surface area contributed by atoms with Gasteiger partial charge in [-0.25, -0.2) is 0 Å². The summed E-state index contributed by atoms with van der Waals surface area (Å²) in [6, 6.07) is 67.8. The fraction of sp³-hybridized carbons (Fsp3) is 0.0200. The van der Waals surface area contributed by atoms with E-state index < -0.39 is 25.8 Å². The van der Waals surface area contributed by atoms with Gasteiger partial charge in [-0.05, 0) is 11.1 Å². The number of benzene rings is 8. The van der Waals surface area contributed by atoms with Gasteiger partial charge in [0.15, 0.2) is 0 Å². The van der Waals surface area contributed by atoms with Crippen LogP contribution >= 0.6 is 0 Å². The van der Waals surface area contributed by atoms with Crippen molar-refractivity contribution in [3.8, 4) is 33.4 Å². The van der Waals surface area contributed by atoms with Crippen molar-refractivity contribution in [1.29, 1.82) is 0 Å². The monoisotopic (exact) mass is 791 g/mol. The maximum absolute atomic E-state index is 14.2. The third-order valence-corrected chi connectivity index (χ3v) is 14.5. The summed E-state index contributed by atoms with van der Waals surface area (Å²) < 4.78 is 2.47. The average Bonchev–Trinajstić information content (AvgIpc) is 3.68. The summed E-state index contributed by atoms with van der Waals surface area (Å²) >= 11 is -0.709. The molecule has 11 rings (SSSR count). The molecule has 2 aliphatic carbocycles. The molecule has 0 fully saturated rings. The summed E-state index contributed by atoms with van der Waals surface area (Å²) in [5, 5.41) is 1.76. The summed E-state index contributed by atoms with van der Waals surface area (Å²) in [5.74, 6) is 0. The van der Waals surface area contributed by atoms with Crippen LogP contribution in [0.15, 0.2) is 193 Å². The average molecular weight is 789 g/mol. The van der Waals surface area contributed by atoms with Crippen LogP contribution in [0.4, 0.5) is 17.1 Å². The number of nitrogens with zero attached hydrogens (tertiary/aromatic N) is 1. The molecule has 1 unspecified atom stereocenters. The molecule has 3 heteroatoms. The van der Waals surface area contributed by atoms with Crippen LogP contribution in [0.5, 0.6) is 0 Å². The Balaban J connectivity index is 1.17. The Bertz CT molecular complexity index is 2980. The zero-order chi connectivity index (χ0) is 35.1. The summed E-state index contributed by atoms with van der Waals surface area (Å²) in [7, 11) is 0. The molecule has 1 atom stereocenters. The van der Waals surface area contributed by atoms with E-state index in [1.807, 2.05) is 12.1 Å². The van der Waals surface area contributed by atoms with E-state index in [0.717, 1.165) is 27.8 Å². The van der Waals surface area contributed by atoms with Gasteiger partial charge in [0.25, 0.3) is 0 Å². The van der Waals surface area contributed by atoms with Gasteiger partial charge in [0, 0.05) is 0 Å². The fourth-order valence-corrected chi connectivity index (χ4v) is 12.2. The van der Waals surface area contributed by atoms with E-state index in [0.29, 0.717) is 0 Å². The molecule has 1 heterocycles. The second-order valence-electron chi connectivity index (χ2n) is 14.0. The third-order valence-electron chi connectivity index (χ3n) is 11.3. The van der Waals surface area contributed by atoms with E-state index in [2.05, 4.69) is 181 Å². The number of rotatable bonds is 4. The summed E-state index contributed by atoms with van der Waals surface area (Å²) in [5.41, 5.74) is 15.3. The van der Waals surface area contributed by atoms with Crippen molar-refractivity contribution in [1.82, 2.24) is 0 Å². The number of hydrogen-bond donors (Lipinski definition) is 0. The van der Waals surface area contributed by atoms with Gasteiger partial charge in [-0.1, -0.05) is 60.7 Å². The molecule has 0 bridgehead atoms. The van der Waals surface area contributed by atoms with E-state index in [9.17, 15) is 4.79 Å².